The Bertz CT molecular complexity index is 681. The van der Waals surface area contributed by atoms with Gasteiger partial charge in [-0.3, -0.25) is 4.79 Å². The van der Waals surface area contributed by atoms with Gasteiger partial charge in [-0.25, -0.2) is 10.2 Å². The summed E-state index contributed by atoms with van der Waals surface area (Å²) in [5.74, 6) is -1.12. The number of hydrogen-bond acceptors (Lipinski definition) is 7. The highest BCUT2D eigenvalue weighted by atomic mass is 16.5. The van der Waals surface area contributed by atoms with E-state index < -0.39 is 11.9 Å². The first kappa shape index (κ1) is 16.3. The molecule has 1 aliphatic heterocycles. The summed E-state index contributed by atoms with van der Waals surface area (Å²) in [5, 5.41) is 16.3. The minimum atomic E-state index is -0.600. The van der Waals surface area contributed by atoms with E-state index in [4.69, 9.17) is 9.47 Å². The second-order valence-corrected chi connectivity index (χ2v) is 4.48. The summed E-state index contributed by atoms with van der Waals surface area (Å²) in [6.45, 7) is 1.91. The van der Waals surface area contributed by atoms with Gasteiger partial charge in [0.25, 0.3) is 5.91 Å². The van der Waals surface area contributed by atoms with Crippen LogP contribution in [0.2, 0.25) is 0 Å². The molecule has 0 aromatic heterocycles. The molecule has 0 unspecified atom stereocenters. The number of amides is 1. The van der Waals surface area contributed by atoms with Crippen LogP contribution >= 0.6 is 0 Å². The highest BCUT2D eigenvalue weighted by Gasteiger charge is 2.30. The van der Waals surface area contributed by atoms with Crippen molar-refractivity contribution >= 4 is 17.6 Å². The van der Waals surface area contributed by atoms with Crippen LogP contribution in [0.25, 0.3) is 0 Å². The molecule has 3 N–H and O–H groups in total. The van der Waals surface area contributed by atoms with Crippen LogP contribution in [0.4, 0.5) is 0 Å². The molecular formula is C15H17N3O5. The van der Waals surface area contributed by atoms with E-state index in [9.17, 15) is 14.7 Å². The fourth-order valence-corrected chi connectivity index (χ4v) is 1.96. The minimum Gasteiger partial charge on any atom is -0.507 e. The van der Waals surface area contributed by atoms with Crippen LogP contribution in [0.1, 0.15) is 17.3 Å². The predicted molar refractivity (Wildman–Crippen MR) is 81.7 cm³/mol. The van der Waals surface area contributed by atoms with Gasteiger partial charge in [-0.2, -0.15) is 5.10 Å². The van der Waals surface area contributed by atoms with Crippen molar-refractivity contribution < 1.29 is 24.2 Å². The van der Waals surface area contributed by atoms with Crippen molar-refractivity contribution in [3.05, 3.63) is 41.3 Å². The number of phenolic OH excluding ortho intramolecular Hbond substituents is 1. The van der Waals surface area contributed by atoms with Crippen molar-refractivity contribution in [3.63, 3.8) is 0 Å². The predicted octanol–water partition coefficient (Wildman–Crippen LogP) is 0.502. The first-order chi connectivity index (χ1) is 11.1. The van der Waals surface area contributed by atoms with E-state index in [0.29, 0.717) is 0 Å². The van der Waals surface area contributed by atoms with Gasteiger partial charge in [0.15, 0.2) is 0 Å². The van der Waals surface area contributed by atoms with E-state index >= 15 is 0 Å². The molecule has 1 aliphatic rings. The van der Waals surface area contributed by atoms with Gasteiger partial charge in [0, 0.05) is 7.05 Å². The second kappa shape index (κ2) is 7.30. The molecule has 1 heterocycles. The van der Waals surface area contributed by atoms with E-state index in [-0.39, 0.29) is 41.7 Å². The molecule has 122 valence electrons. The number of nitrogens with zero attached hydrogens (tertiary/aromatic N) is 1. The number of carbonyl (C=O) groups is 2. The number of carbonyl (C=O) groups excluding carboxylic acids is 2. The van der Waals surface area contributed by atoms with Gasteiger partial charge >= 0.3 is 5.97 Å². The molecule has 8 heteroatoms. The third-order valence-electron chi connectivity index (χ3n) is 3.02. The van der Waals surface area contributed by atoms with Gasteiger partial charge in [0.05, 0.1) is 12.2 Å². The number of hydrogen-bond donors (Lipinski definition) is 3. The lowest BCUT2D eigenvalue weighted by molar-refractivity contribution is -0.138. The van der Waals surface area contributed by atoms with Gasteiger partial charge in [0.1, 0.15) is 23.6 Å². The lowest BCUT2D eigenvalue weighted by Crippen LogP contribution is -2.23. The number of aromatic hydroxyl groups is 1. The van der Waals surface area contributed by atoms with Crippen LogP contribution in [0.3, 0.4) is 0 Å². The number of phenols is 1. The van der Waals surface area contributed by atoms with Crippen molar-refractivity contribution in [2.45, 2.75) is 6.92 Å². The third-order valence-corrected chi connectivity index (χ3v) is 3.02. The normalized spacial score (nSPS) is 15.3. The second-order valence-electron chi connectivity index (χ2n) is 4.48. The van der Waals surface area contributed by atoms with Crippen LogP contribution in [-0.2, 0) is 14.3 Å². The fraction of sp³-hybridized carbons (Fsp3) is 0.267. The van der Waals surface area contributed by atoms with Crippen molar-refractivity contribution in [2.75, 3.05) is 20.3 Å². The number of rotatable bonds is 5. The molecule has 0 saturated carbocycles. The summed E-state index contributed by atoms with van der Waals surface area (Å²) in [6.07, 6.45) is 0. The van der Waals surface area contributed by atoms with E-state index in [1.807, 2.05) is 0 Å². The maximum Gasteiger partial charge on any atom is 0.345 e. The number of hydrazone groups is 1. The number of nitrogens with one attached hydrogen (secondary N) is 2. The SMILES string of the molecule is CCOC(=O)C1=C(NC)OC/C1=N\NC(=O)c1ccccc1O. The van der Waals surface area contributed by atoms with Crippen molar-refractivity contribution in [1.82, 2.24) is 10.7 Å². The average molecular weight is 319 g/mol. The maximum absolute atomic E-state index is 12.0. The van der Waals surface area contributed by atoms with Gasteiger partial charge in [-0.1, -0.05) is 12.1 Å². The standard InChI is InChI=1S/C15H17N3O5/c1-3-22-15(21)12-10(8-23-14(12)16-2)17-18-13(20)9-6-4-5-7-11(9)19/h4-7,16,19H,3,8H2,1-2H3,(H,18,20)/b17-10+. The van der Waals surface area contributed by atoms with Gasteiger partial charge < -0.3 is 19.9 Å². The molecule has 23 heavy (non-hydrogen) atoms. The zero-order valence-electron chi connectivity index (χ0n) is 12.8. The van der Waals surface area contributed by atoms with Crippen LogP contribution in [-0.4, -0.2) is 43.0 Å². The zero-order chi connectivity index (χ0) is 16.8. The average Bonchev–Trinajstić information content (AvgIpc) is 2.96. The number of benzene rings is 1. The summed E-state index contributed by atoms with van der Waals surface area (Å²) in [7, 11) is 1.60. The Labute approximate surface area is 132 Å². The molecular weight excluding hydrogens is 302 g/mol. The minimum absolute atomic E-state index is 0.0192. The molecule has 1 amide bonds. The van der Waals surface area contributed by atoms with E-state index in [2.05, 4.69) is 15.8 Å². The Kier molecular flexibility index (Phi) is 5.19. The van der Waals surface area contributed by atoms with Gasteiger partial charge in [-0.05, 0) is 19.1 Å². The molecule has 0 fully saturated rings. The number of ether oxygens (including phenoxy) is 2. The number of esters is 1. The summed E-state index contributed by atoms with van der Waals surface area (Å²) in [5.41, 5.74) is 2.73. The Morgan fingerprint density at radius 2 is 2.13 bits per heavy atom. The molecule has 8 nitrogen and oxygen atoms in total. The van der Waals surface area contributed by atoms with Crippen LogP contribution in [0, 0.1) is 0 Å². The summed E-state index contributed by atoms with van der Waals surface area (Å²) in [6, 6.07) is 6.06. The van der Waals surface area contributed by atoms with Crippen molar-refractivity contribution in [3.8, 4) is 5.75 Å². The van der Waals surface area contributed by atoms with E-state index in [1.54, 1.807) is 26.1 Å². The Morgan fingerprint density at radius 1 is 1.39 bits per heavy atom. The lowest BCUT2D eigenvalue weighted by atomic mass is 10.2. The van der Waals surface area contributed by atoms with Crippen molar-refractivity contribution in [1.29, 1.82) is 0 Å². The molecule has 1 aromatic carbocycles. The topological polar surface area (TPSA) is 109 Å². The van der Waals surface area contributed by atoms with E-state index in [1.165, 1.54) is 12.1 Å². The molecule has 0 spiro atoms. The molecule has 0 aliphatic carbocycles. The molecule has 2 rings (SSSR count). The number of para-hydroxylation sites is 1. The highest BCUT2D eigenvalue weighted by molar-refractivity contribution is 6.22. The molecule has 1 aromatic rings. The molecule has 0 bridgehead atoms. The smallest absolute Gasteiger partial charge is 0.345 e. The molecule has 0 radical (unpaired) electrons. The monoisotopic (exact) mass is 319 g/mol. The van der Waals surface area contributed by atoms with Crippen LogP contribution < -0.4 is 10.7 Å². The zero-order valence-corrected chi connectivity index (χ0v) is 12.8. The third kappa shape index (κ3) is 3.60. The molecule has 0 saturated heterocycles. The Morgan fingerprint density at radius 3 is 2.78 bits per heavy atom. The van der Waals surface area contributed by atoms with Gasteiger partial charge in [0.2, 0.25) is 5.88 Å². The Balaban J connectivity index is 2.19. The highest BCUT2D eigenvalue weighted by Crippen LogP contribution is 2.17. The summed E-state index contributed by atoms with van der Waals surface area (Å²) in [4.78, 5) is 24.0. The Hall–Kier alpha value is -3.03. The van der Waals surface area contributed by atoms with Gasteiger partial charge in [-0.15, -0.1) is 0 Å². The maximum atomic E-state index is 12.0. The largest absolute Gasteiger partial charge is 0.507 e. The van der Waals surface area contributed by atoms with Crippen LogP contribution in [0.15, 0.2) is 40.8 Å². The molecule has 0 atom stereocenters. The lowest BCUT2D eigenvalue weighted by Gasteiger charge is -2.05. The van der Waals surface area contributed by atoms with Crippen molar-refractivity contribution in [2.24, 2.45) is 5.10 Å². The van der Waals surface area contributed by atoms with Crippen LogP contribution in [0.5, 0.6) is 5.75 Å². The first-order valence-corrected chi connectivity index (χ1v) is 6.95. The first-order valence-electron chi connectivity index (χ1n) is 6.95. The summed E-state index contributed by atoms with van der Waals surface area (Å²) < 4.78 is 10.2. The summed E-state index contributed by atoms with van der Waals surface area (Å²) >= 11 is 0. The van der Waals surface area contributed by atoms with E-state index in [0.717, 1.165) is 0 Å². The quantitative estimate of drug-likeness (QED) is 0.539. The fourth-order valence-electron chi connectivity index (χ4n) is 1.96.